The fourth-order valence-corrected chi connectivity index (χ4v) is 2.67. The van der Waals surface area contributed by atoms with Gasteiger partial charge in [0.15, 0.2) is 0 Å². The van der Waals surface area contributed by atoms with E-state index in [1.54, 1.807) is 23.1 Å². The van der Waals surface area contributed by atoms with Gasteiger partial charge in [0.25, 0.3) is 5.91 Å². The maximum Gasteiger partial charge on any atom is 0.254 e. The van der Waals surface area contributed by atoms with Gasteiger partial charge in [-0.1, -0.05) is 30.3 Å². The lowest BCUT2D eigenvalue weighted by Crippen LogP contribution is -2.30. The zero-order valence-electron chi connectivity index (χ0n) is 13.6. The third-order valence-electron chi connectivity index (χ3n) is 3.97. The van der Waals surface area contributed by atoms with Crippen LogP contribution in [0.1, 0.15) is 29.3 Å². The number of anilines is 1. The molecule has 2 aromatic rings. The molecule has 0 bridgehead atoms. The number of hydrogen-bond donors (Lipinski definition) is 1. The fourth-order valence-electron chi connectivity index (χ4n) is 2.67. The molecule has 0 fully saturated rings. The van der Waals surface area contributed by atoms with E-state index in [1.807, 2.05) is 37.3 Å². The number of nitrogens with zero attached hydrogens (tertiary/aromatic N) is 1. The Morgan fingerprint density at radius 2 is 2.00 bits per heavy atom. The summed E-state index contributed by atoms with van der Waals surface area (Å²) in [6, 6.07) is 15.1. The number of nitrogens with one attached hydrogen (secondary N) is 1. The van der Waals surface area contributed by atoms with E-state index in [4.69, 9.17) is 4.74 Å². The lowest BCUT2D eigenvalue weighted by molar-refractivity contribution is -0.116. The molecule has 1 aliphatic rings. The van der Waals surface area contributed by atoms with Crippen molar-refractivity contribution in [1.29, 1.82) is 0 Å². The molecule has 0 saturated carbocycles. The predicted molar refractivity (Wildman–Crippen MR) is 92.0 cm³/mol. The summed E-state index contributed by atoms with van der Waals surface area (Å²) in [5.41, 5.74) is 2.18. The molecular weight excluding hydrogens is 304 g/mol. The number of amides is 2. The van der Waals surface area contributed by atoms with E-state index in [-0.39, 0.29) is 11.8 Å². The third-order valence-corrected chi connectivity index (χ3v) is 3.97. The molecule has 5 heteroatoms. The number of carbonyl (C=O) groups excluding carboxylic acids is 2. The van der Waals surface area contributed by atoms with Crippen LogP contribution in [0, 0.1) is 0 Å². The molecule has 1 N–H and O–H groups in total. The summed E-state index contributed by atoms with van der Waals surface area (Å²) in [5.74, 6) is 0.432. The molecule has 2 amide bonds. The fraction of sp³-hybridized carbons (Fsp3) is 0.263. The molecule has 124 valence electrons. The van der Waals surface area contributed by atoms with Gasteiger partial charge in [-0.2, -0.15) is 0 Å². The van der Waals surface area contributed by atoms with E-state index in [2.05, 4.69) is 5.32 Å². The second-order valence-electron chi connectivity index (χ2n) is 5.66. The standard InChI is InChI=1S/C19H20N2O3/c1-2-21(13-14-6-4-3-5-7-14)19(23)15-8-9-17-16(12-15)20-18(22)10-11-24-17/h3-9,12H,2,10-11,13H2,1H3,(H,20,22). The first-order valence-corrected chi connectivity index (χ1v) is 8.07. The van der Waals surface area contributed by atoms with Crippen LogP contribution in [0.15, 0.2) is 48.5 Å². The minimum Gasteiger partial charge on any atom is -0.491 e. The minimum absolute atomic E-state index is 0.0670. The molecule has 2 aromatic carbocycles. The Labute approximate surface area is 141 Å². The Morgan fingerprint density at radius 3 is 2.75 bits per heavy atom. The highest BCUT2D eigenvalue weighted by atomic mass is 16.5. The van der Waals surface area contributed by atoms with Crippen LogP contribution in [0.5, 0.6) is 5.75 Å². The Kier molecular flexibility index (Phi) is 4.79. The van der Waals surface area contributed by atoms with Crippen molar-refractivity contribution >= 4 is 17.5 Å². The Bertz CT molecular complexity index is 744. The summed E-state index contributed by atoms with van der Waals surface area (Å²) in [6.07, 6.45) is 0.313. The smallest absolute Gasteiger partial charge is 0.254 e. The highest BCUT2D eigenvalue weighted by Gasteiger charge is 2.19. The molecule has 0 radical (unpaired) electrons. The number of benzene rings is 2. The summed E-state index contributed by atoms with van der Waals surface area (Å²) in [5, 5.41) is 2.79. The molecule has 24 heavy (non-hydrogen) atoms. The van der Waals surface area contributed by atoms with Crippen LogP contribution >= 0.6 is 0 Å². The SMILES string of the molecule is CCN(Cc1ccccc1)C(=O)c1ccc2c(c1)NC(=O)CCO2. The van der Waals surface area contributed by atoms with E-state index in [0.717, 1.165) is 5.56 Å². The lowest BCUT2D eigenvalue weighted by atomic mass is 10.1. The maximum atomic E-state index is 12.8. The molecule has 1 aliphatic heterocycles. The Hall–Kier alpha value is -2.82. The van der Waals surface area contributed by atoms with Gasteiger partial charge in [-0.05, 0) is 30.7 Å². The first-order valence-electron chi connectivity index (χ1n) is 8.07. The number of fused-ring (bicyclic) bond motifs is 1. The van der Waals surface area contributed by atoms with Gasteiger partial charge >= 0.3 is 0 Å². The van der Waals surface area contributed by atoms with Crippen LogP contribution in [-0.4, -0.2) is 29.9 Å². The molecule has 3 rings (SSSR count). The summed E-state index contributed by atoms with van der Waals surface area (Å²) < 4.78 is 5.53. The van der Waals surface area contributed by atoms with Gasteiger partial charge in [-0.15, -0.1) is 0 Å². The number of rotatable bonds is 4. The second kappa shape index (κ2) is 7.17. The molecule has 1 heterocycles. The molecule has 5 nitrogen and oxygen atoms in total. The molecule has 0 aromatic heterocycles. The van der Waals surface area contributed by atoms with Gasteiger partial charge in [0.05, 0.1) is 18.7 Å². The molecule has 0 aliphatic carbocycles. The summed E-state index contributed by atoms with van der Waals surface area (Å²) in [6.45, 7) is 3.46. The monoisotopic (exact) mass is 324 g/mol. The van der Waals surface area contributed by atoms with Crippen molar-refractivity contribution in [2.75, 3.05) is 18.5 Å². The van der Waals surface area contributed by atoms with Crippen molar-refractivity contribution in [1.82, 2.24) is 4.90 Å². The first-order chi connectivity index (χ1) is 11.7. The lowest BCUT2D eigenvalue weighted by Gasteiger charge is -2.21. The highest BCUT2D eigenvalue weighted by Crippen LogP contribution is 2.28. The van der Waals surface area contributed by atoms with E-state index in [1.165, 1.54) is 0 Å². The molecule has 0 atom stereocenters. The predicted octanol–water partition coefficient (Wildman–Crippen LogP) is 3.07. The second-order valence-corrected chi connectivity index (χ2v) is 5.66. The van der Waals surface area contributed by atoms with E-state index in [0.29, 0.717) is 43.1 Å². The van der Waals surface area contributed by atoms with Gasteiger partial charge < -0.3 is 15.0 Å². The van der Waals surface area contributed by atoms with E-state index >= 15 is 0 Å². The van der Waals surface area contributed by atoms with Gasteiger partial charge in [0.2, 0.25) is 5.91 Å². The van der Waals surface area contributed by atoms with Crippen LogP contribution in [0.3, 0.4) is 0 Å². The largest absolute Gasteiger partial charge is 0.491 e. The zero-order chi connectivity index (χ0) is 16.9. The van der Waals surface area contributed by atoms with Gasteiger partial charge in [0.1, 0.15) is 5.75 Å². The summed E-state index contributed by atoms with van der Waals surface area (Å²) in [7, 11) is 0. The van der Waals surface area contributed by atoms with E-state index < -0.39 is 0 Å². The number of ether oxygens (including phenoxy) is 1. The number of hydrogen-bond acceptors (Lipinski definition) is 3. The van der Waals surface area contributed by atoms with E-state index in [9.17, 15) is 9.59 Å². The third kappa shape index (κ3) is 3.56. The van der Waals surface area contributed by atoms with Crippen molar-refractivity contribution in [2.45, 2.75) is 19.9 Å². The summed E-state index contributed by atoms with van der Waals surface area (Å²) in [4.78, 5) is 26.3. The van der Waals surface area contributed by atoms with Crippen molar-refractivity contribution in [3.8, 4) is 5.75 Å². The number of carbonyl (C=O) groups is 2. The molecule has 0 saturated heterocycles. The van der Waals surface area contributed by atoms with Crippen molar-refractivity contribution in [2.24, 2.45) is 0 Å². The Morgan fingerprint density at radius 1 is 1.21 bits per heavy atom. The summed E-state index contributed by atoms with van der Waals surface area (Å²) >= 11 is 0. The van der Waals surface area contributed by atoms with Crippen molar-refractivity contribution < 1.29 is 14.3 Å². The topological polar surface area (TPSA) is 58.6 Å². The molecule has 0 spiro atoms. The minimum atomic E-state index is -0.102. The zero-order valence-corrected chi connectivity index (χ0v) is 13.6. The molecule has 0 unspecified atom stereocenters. The average molecular weight is 324 g/mol. The first kappa shape index (κ1) is 16.1. The quantitative estimate of drug-likeness (QED) is 0.940. The maximum absolute atomic E-state index is 12.8. The highest BCUT2D eigenvalue weighted by molar-refractivity contribution is 5.98. The van der Waals surface area contributed by atoms with Gasteiger partial charge in [0, 0.05) is 18.7 Å². The Balaban J connectivity index is 1.82. The van der Waals surface area contributed by atoms with Crippen molar-refractivity contribution in [3.05, 3.63) is 59.7 Å². The van der Waals surface area contributed by atoms with Crippen molar-refractivity contribution in [3.63, 3.8) is 0 Å². The van der Waals surface area contributed by atoms with Crippen LogP contribution in [0.4, 0.5) is 5.69 Å². The van der Waals surface area contributed by atoms with Crippen LogP contribution < -0.4 is 10.1 Å². The van der Waals surface area contributed by atoms with Crippen LogP contribution in [-0.2, 0) is 11.3 Å². The normalized spacial score (nSPS) is 13.3. The van der Waals surface area contributed by atoms with Crippen LogP contribution in [0.25, 0.3) is 0 Å². The van der Waals surface area contributed by atoms with Gasteiger partial charge in [-0.3, -0.25) is 9.59 Å². The average Bonchev–Trinajstić information content (AvgIpc) is 2.79. The van der Waals surface area contributed by atoms with Gasteiger partial charge in [-0.25, -0.2) is 0 Å². The van der Waals surface area contributed by atoms with Crippen LogP contribution in [0.2, 0.25) is 0 Å². The molecular formula is C19H20N2O3.